The molecular weight excluding hydrogens is 306 g/mol. The average Bonchev–Trinajstić information content (AvgIpc) is 2.91. The summed E-state index contributed by atoms with van der Waals surface area (Å²) in [5, 5.41) is 0.970. The number of fused-ring (bicyclic) bond motifs is 1. The van der Waals surface area contributed by atoms with E-state index in [2.05, 4.69) is 0 Å². The second-order valence-electron chi connectivity index (χ2n) is 6.40. The zero-order valence-corrected chi connectivity index (χ0v) is 14.4. The van der Waals surface area contributed by atoms with Crippen LogP contribution in [0.25, 0.3) is 11.0 Å². The molecule has 1 aliphatic heterocycles. The van der Waals surface area contributed by atoms with E-state index >= 15 is 0 Å². The van der Waals surface area contributed by atoms with Crippen LogP contribution in [0.2, 0.25) is 0 Å². The number of rotatable bonds is 3. The van der Waals surface area contributed by atoms with Crippen molar-refractivity contribution >= 4 is 22.8 Å². The smallest absolute Gasteiger partial charge is 0.310 e. The summed E-state index contributed by atoms with van der Waals surface area (Å²) in [5.41, 5.74) is 2.71. The zero-order valence-electron chi connectivity index (χ0n) is 14.4. The number of likely N-dealkylation sites (tertiary alicyclic amines) is 1. The molecule has 2 aromatic rings. The van der Waals surface area contributed by atoms with Crippen LogP contribution in [0.3, 0.4) is 0 Å². The molecule has 1 saturated heterocycles. The lowest BCUT2D eigenvalue weighted by Crippen LogP contribution is -2.42. The summed E-state index contributed by atoms with van der Waals surface area (Å²) in [6, 6.07) is 5.89. The molecule has 1 aromatic carbocycles. The lowest BCUT2D eigenvalue weighted by atomic mass is 9.97. The summed E-state index contributed by atoms with van der Waals surface area (Å²) in [6.45, 7) is 7.12. The normalized spacial score (nSPS) is 18.0. The number of carbonyl (C=O) groups excluding carboxylic acids is 2. The molecule has 1 fully saturated rings. The number of furan rings is 1. The molecule has 128 valence electrons. The zero-order chi connectivity index (χ0) is 17.3. The Hall–Kier alpha value is -2.30. The number of carbonyl (C=O) groups is 2. The monoisotopic (exact) mass is 329 g/mol. The Morgan fingerprint density at radius 2 is 2.12 bits per heavy atom. The van der Waals surface area contributed by atoms with E-state index < -0.39 is 0 Å². The maximum Gasteiger partial charge on any atom is 0.310 e. The fourth-order valence-corrected chi connectivity index (χ4v) is 3.30. The minimum atomic E-state index is -0.241. The van der Waals surface area contributed by atoms with Crippen molar-refractivity contribution in [3.05, 3.63) is 35.1 Å². The van der Waals surface area contributed by atoms with E-state index in [1.54, 1.807) is 11.8 Å². The molecule has 0 spiro atoms. The number of benzene rings is 1. The predicted octanol–water partition coefficient (Wildman–Crippen LogP) is 3.46. The van der Waals surface area contributed by atoms with E-state index in [4.69, 9.17) is 9.15 Å². The second-order valence-corrected chi connectivity index (χ2v) is 6.40. The molecule has 0 aliphatic carbocycles. The third-order valence-corrected chi connectivity index (χ3v) is 4.61. The van der Waals surface area contributed by atoms with Crippen LogP contribution in [0.4, 0.5) is 0 Å². The van der Waals surface area contributed by atoms with Gasteiger partial charge in [0.2, 0.25) is 0 Å². The number of ether oxygens (including phenoxy) is 1. The van der Waals surface area contributed by atoms with E-state index in [1.165, 1.54) is 0 Å². The molecule has 3 rings (SSSR count). The van der Waals surface area contributed by atoms with Gasteiger partial charge in [-0.2, -0.15) is 0 Å². The Bertz CT molecular complexity index is 777. The molecule has 1 unspecified atom stereocenters. The van der Waals surface area contributed by atoms with Gasteiger partial charge < -0.3 is 14.1 Å². The van der Waals surface area contributed by atoms with Gasteiger partial charge in [-0.15, -0.1) is 0 Å². The quantitative estimate of drug-likeness (QED) is 0.809. The van der Waals surface area contributed by atoms with E-state index in [-0.39, 0.29) is 17.8 Å². The third kappa shape index (κ3) is 3.03. The van der Waals surface area contributed by atoms with Crippen molar-refractivity contribution in [3.8, 4) is 0 Å². The highest BCUT2D eigenvalue weighted by Gasteiger charge is 2.32. The number of amides is 1. The number of aryl methyl sites for hydroxylation is 2. The van der Waals surface area contributed by atoms with Crippen LogP contribution in [0.5, 0.6) is 0 Å². The van der Waals surface area contributed by atoms with Crippen molar-refractivity contribution in [2.45, 2.75) is 33.6 Å². The minimum absolute atomic E-state index is 0.143. The maximum absolute atomic E-state index is 12.9. The molecule has 1 aliphatic rings. The first-order chi connectivity index (χ1) is 11.5. The van der Waals surface area contributed by atoms with E-state index in [9.17, 15) is 9.59 Å². The minimum Gasteiger partial charge on any atom is -0.466 e. The topological polar surface area (TPSA) is 59.8 Å². The molecule has 0 radical (unpaired) electrons. The highest BCUT2D eigenvalue weighted by Crippen LogP contribution is 2.28. The molecule has 1 aromatic heterocycles. The Labute approximate surface area is 141 Å². The second kappa shape index (κ2) is 6.67. The van der Waals surface area contributed by atoms with Gasteiger partial charge in [0.05, 0.1) is 12.5 Å². The van der Waals surface area contributed by atoms with Crippen LogP contribution < -0.4 is 0 Å². The largest absolute Gasteiger partial charge is 0.466 e. The first kappa shape index (κ1) is 16.6. The summed E-state index contributed by atoms with van der Waals surface area (Å²) in [4.78, 5) is 26.6. The van der Waals surface area contributed by atoms with Gasteiger partial charge in [0.25, 0.3) is 5.91 Å². The molecule has 24 heavy (non-hydrogen) atoms. The molecule has 2 heterocycles. The van der Waals surface area contributed by atoms with Crippen LogP contribution in [0, 0.1) is 19.8 Å². The standard InChI is InChI=1S/C19H23NO4/c1-4-23-19(22)14-6-5-9-20(11-14)18(21)17-13(3)15-10-12(2)7-8-16(15)24-17/h7-8,10,14H,4-6,9,11H2,1-3H3. The van der Waals surface area contributed by atoms with Crippen molar-refractivity contribution < 1.29 is 18.7 Å². The summed E-state index contributed by atoms with van der Waals surface area (Å²) >= 11 is 0. The summed E-state index contributed by atoms with van der Waals surface area (Å²) in [5.74, 6) is -0.225. The van der Waals surface area contributed by atoms with Gasteiger partial charge in [0.15, 0.2) is 5.76 Å². The fourth-order valence-electron chi connectivity index (χ4n) is 3.30. The van der Waals surface area contributed by atoms with Crippen LogP contribution in [-0.2, 0) is 9.53 Å². The average molecular weight is 329 g/mol. The molecule has 5 heteroatoms. The first-order valence-corrected chi connectivity index (χ1v) is 8.47. The SMILES string of the molecule is CCOC(=O)C1CCCN(C(=O)c2oc3ccc(C)cc3c2C)C1. The molecule has 1 atom stereocenters. The van der Waals surface area contributed by atoms with Gasteiger partial charge >= 0.3 is 5.97 Å². The van der Waals surface area contributed by atoms with Crippen LogP contribution in [-0.4, -0.2) is 36.5 Å². The lowest BCUT2D eigenvalue weighted by Gasteiger charge is -2.31. The highest BCUT2D eigenvalue weighted by atomic mass is 16.5. The lowest BCUT2D eigenvalue weighted by molar-refractivity contribution is -0.149. The molecule has 5 nitrogen and oxygen atoms in total. The van der Waals surface area contributed by atoms with Gasteiger partial charge in [0.1, 0.15) is 5.58 Å². The predicted molar refractivity (Wildman–Crippen MR) is 90.9 cm³/mol. The Kier molecular flexibility index (Phi) is 4.60. The Balaban J connectivity index is 1.83. The Morgan fingerprint density at radius 1 is 1.33 bits per heavy atom. The summed E-state index contributed by atoms with van der Waals surface area (Å²) < 4.78 is 10.9. The molecule has 0 saturated carbocycles. The number of hydrogen-bond acceptors (Lipinski definition) is 4. The van der Waals surface area contributed by atoms with E-state index in [1.807, 2.05) is 32.0 Å². The van der Waals surface area contributed by atoms with Crippen molar-refractivity contribution in [1.29, 1.82) is 0 Å². The van der Waals surface area contributed by atoms with Crippen molar-refractivity contribution in [3.63, 3.8) is 0 Å². The summed E-state index contributed by atoms with van der Waals surface area (Å²) in [7, 11) is 0. The molecular formula is C19H23NO4. The van der Waals surface area contributed by atoms with Crippen LogP contribution in [0.1, 0.15) is 41.4 Å². The fraction of sp³-hybridized carbons (Fsp3) is 0.474. The summed E-state index contributed by atoms with van der Waals surface area (Å²) in [6.07, 6.45) is 1.56. The third-order valence-electron chi connectivity index (χ3n) is 4.61. The number of esters is 1. The van der Waals surface area contributed by atoms with Gasteiger partial charge in [-0.05, 0) is 45.7 Å². The van der Waals surface area contributed by atoms with Crippen LogP contribution in [0.15, 0.2) is 22.6 Å². The number of piperidine rings is 1. The molecule has 1 amide bonds. The van der Waals surface area contributed by atoms with Crippen molar-refractivity contribution in [2.24, 2.45) is 5.92 Å². The van der Waals surface area contributed by atoms with Crippen molar-refractivity contribution in [1.82, 2.24) is 4.90 Å². The van der Waals surface area contributed by atoms with Gasteiger partial charge in [-0.3, -0.25) is 9.59 Å². The van der Waals surface area contributed by atoms with Crippen molar-refractivity contribution in [2.75, 3.05) is 19.7 Å². The molecule has 0 bridgehead atoms. The number of hydrogen-bond donors (Lipinski definition) is 0. The van der Waals surface area contributed by atoms with Crippen LogP contribution >= 0.6 is 0 Å². The molecule has 0 N–H and O–H groups in total. The maximum atomic E-state index is 12.9. The van der Waals surface area contributed by atoms with E-state index in [0.29, 0.717) is 25.5 Å². The van der Waals surface area contributed by atoms with Gasteiger partial charge in [-0.25, -0.2) is 0 Å². The van der Waals surface area contributed by atoms with E-state index in [0.717, 1.165) is 34.9 Å². The van der Waals surface area contributed by atoms with Gasteiger partial charge in [0, 0.05) is 24.0 Å². The highest BCUT2D eigenvalue weighted by molar-refractivity contribution is 5.99. The Morgan fingerprint density at radius 3 is 2.88 bits per heavy atom. The number of nitrogens with zero attached hydrogens (tertiary/aromatic N) is 1. The van der Waals surface area contributed by atoms with Gasteiger partial charge in [-0.1, -0.05) is 11.6 Å². The first-order valence-electron chi connectivity index (χ1n) is 8.47.